The molecule has 2 heterocycles. The quantitative estimate of drug-likeness (QED) is 0.0298. The molecule has 2 aromatic heterocycles. The first kappa shape index (κ1) is 76.5. The number of primary amides is 1. The maximum Gasteiger partial charge on any atom is 0.243 e. The van der Waals surface area contributed by atoms with Crippen LogP contribution in [0, 0.1) is 38.0 Å². The van der Waals surface area contributed by atoms with Gasteiger partial charge in [0.2, 0.25) is 53.2 Å². The molecule has 468 valence electrons. The van der Waals surface area contributed by atoms with Gasteiger partial charge in [-0.15, -0.1) is 6.42 Å². The minimum atomic E-state index is -1.29. The molecule has 9 amide bonds. The Hall–Kier alpha value is -8.51. The molecular formula is C64H98N12O9. The molecule has 0 saturated heterocycles. The number of hydrogen-bond donors (Lipinski definition) is 11. The molecule has 0 bridgehead atoms. The Morgan fingerprint density at radius 1 is 0.612 bits per heavy atom. The minimum absolute atomic E-state index is 0.0299. The summed E-state index contributed by atoms with van der Waals surface area (Å²) in [5, 5.41) is 19.4. The zero-order valence-corrected chi connectivity index (χ0v) is 52.3. The highest BCUT2D eigenvalue weighted by Crippen LogP contribution is 2.20. The van der Waals surface area contributed by atoms with E-state index in [4.69, 9.17) is 17.9 Å². The Morgan fingerprint density at radius 2 is 1.13 bits per heavy atom. The number of nitrogens with two attached hydrogens (primary N) is 2. The van der Waals surface area contributed by atoms with Crippen LogP contribution in [0.1, 0.15) is 124 Å². The van der Waals surface area contributed by atoms with Gasteiger partial charge in [-0.1, -0.05) is 167 Å². The molecule has 5 aromatic rings. The van der Waals surface area contributed by atoms with E-state index < -0.39 is 97.5 Å². The second-order valence-corrected chi connectivity index (χ2v) is 20.3. The molecule has 21 nitrogen and oxygen atoms in total. The van der Waals surface area contributed by atoms with Gasteiger partial charge in [0.1, 0.15) is 18.1 Å². The number of para-hydroxylation sites is 2. The molecular weight excluding hydrogens is 1080 g/mol. The van der Waals surface area contributed by atoms with E-state index in [0.29, 0.717) is 18.4 Å². The van der Waals surface area contributed by atoms with E-state index in [1.54, 1.807) is 26.1 Å². The smallest absolute Gasteiger partial charge is 0.243 e. The average molecular weight is 1180 g/mol. The van der Waals surface area contributed by atoms with Crippen LogP contribution in [-0.2, 0) is 49.6 Å². The molecule has 5 rings (SSSR count). The number of rotatable bonds is 26. The fraction of sp³-hybridized carbons (Fsp3) is 0.484. The van der Waals surface area contributed by atoms with Crippen molar-refractivity contribution in [2.45, 2.75) is 146 Å². The van der Waals surface area contributed by atoms with Crippen molar-refractivity contribution >= 4 is 75.0 Å². The molecule has 0 spiro atoms. The monoisotopic (exact) mass is 1180 g/mol. The van der Waals surface area contributed by atoms with E-state index in [0.717, 1.165) is 16.8 Å². The first-order valence-electron chi connectivity index (χ1n) is 29.3. The standard InChI is InChI=1S/C38H55N11O9.C9H9N.C7H8.2C4H10.C2H6/c1-5-14-41-31(52)19-43-36(56)27(12-13-29(40)50)46-32(53)20-44-37(57)28(16-24-18-42-26-11-9-8-10-25(24)26)47-33(54)22-49(15-6-2)34(55)21-45-38(58)35(23(4)7-3)48-30(51)17-39;1-7-6-10-9-5-3-2-4-8(7)9;1-7-5-3-2-4-6-7;1-4(2)3;1-3-4-2;1-2/h1,8-11,18,23,27-28,35,42H,6-7,12-17,19-22,39H2,2-4H3,(H2,40,50)(H,41,52)(H,43,56)(H,44,57)(H,45,58)(H,46,53)(H,47,54)(H,48,51);2-6,10H,1H3;2-6H,1H3;4H,1-3H3;3-4H2,1-2H3;1-2H3. The summed E-state index contributed by atoms with van der Waals surface area (Å²) in [6.45, 7) is 22.2. The lowest BCUT2D eigenvalue weighted by atomic mass is 9.98. The van der Waals surface area contributed by atoms with Crippen molar-refractivity contribution in [3.63, 3.8) is 0 Å². The van der Waals surface area contributed by atoms with Gasteiger partial charge in [0.05, 0.1) is 39.3 Å². The molecule has 0 radical (unpaired) electrons. The van der Waals surface area contributed by atoms with Gasteiger partial charge in [0.15, 0.2) is 0 Å². The summed E-state index contributed by atoms with van der Waals surface area (Å²) in [7, 11) is 0. The lowest BCUT2D eigenvalue weighted by Gasteiger charge is -2.26. The molecule has 0 fully saturated rings. The third kappa shape index (κ3) is 32.8. The highest BCUT2D eigenvalue weighted by molar-refractivity contribution is 5.96. The van der Waals surface area contributed by atoms with Gasteiger partial charge in [0, 0.05) is 53.6 Å². The van der Waals surface area contributed by atoms with Crippen molar-refractivity contribution < 1.29 is 43.2 Å². The van der Waals surface area contributed by atoms with Gasteiger partial charge in [0.25, 0.3) is 0 Å². The number of nitrogens with zero attached hydrogens (tertiary/aromatic N) is 1. The van der Waals surface area contributed by atoms with Crippen LogP contribution in [0.5, 0.6) is 0 Å². The zero-order valence-electron chi connectivity index (χ0n) is 52.3. The number of terminal acetylenes is 1. The highest BCUT2D eigenvalue weighted by Gasteiger charge is 2.29. The lowest BCUT2D eigenvalue weighted by molar-refractivity contribution is -0.138. The van der Waals surface area contributed by atoms with Crippen molar-refractivity contribution in [3.8, 4) is 12.3 Å². The second-order valence-electron chi connectivity index (χ2n) is 20.3. The zero-order chi connectivity index (χ0) is 64.3. The number of nitrogens with one attached hydrogen (secondary N) is 9. The van der Waals surface area contributed by atoms with E-state index in [-0.39, 0.29) is 44.8 Å². The van der Waals surface area contributed by atoms with E-state index in [1.807, 2.05) is 69.4 Å². The summed E-state index contributed by atoms with van der Waals surface area (Å²) in [5.74, 6) is -3.35. The van der Waals surface area contributed by atoms with Crippen LogP contribution in [0.15, 0.2) is 91.3 Å². The largest absolute Gasteiger partial charge is 0.370 e. The van der Waals surface area contributed by atoms with Gasteiger partial charge in [-0.05, 0) is 61.8 Å². The molecule has 4 unspecified atom stereocenters. The van der Waals surface area contributed by atoms with E-state index in [1.165, 1.54) is 39.8 Å². The topological polar surface area (TPSA) is 325 Å². The van der Waals surface area contributed by atoms with Crippen molar-refractivity contribution in [1.82, 2.24) is 52.1 Å². The van der Waals surface area contributed by atoms with Crippen LogP contribution in [0.4, 0.5) is 0 Å². The predicted molar refractivity (Wildman–Crippen MR) is 339 cm³/mol. The number of H-pyrrole nitrogens is 2. The van der Waals surface area contributed by atoms with Crippen molar-refractivity contribution in [3.05, 3.63) is 108 Å². The molecule has 85 heavy (non-hydrogen) atoms. The Morgan fingerprint density at radius 3 is 1.65 bits per heavy atom. The Kier molecular flexibility index (Phi) is 40.5. The van der Waals surface area contributed by atoms with Crippen LogP contribution in [0.2, 0.25) is 0 Å². The summed E-state index contributed by atoms with van der Waals surface area (Å²) in [5.41, 5.74) is 15.9. The SMILES string of the molecule is C#CCNC(=O)CNC(=O)C(CCC(N)=O)NC(=O)CNC(=O)C(Cc1c[nH]c2ccccc12)NC(=O)CN(CCC)C(=O)CNC(=O)C(NC(=O)CN)C(C)CC.CC.CC(C)C.CCCC.Cc1c[nH]c2ccccc12.Cc1ccccc1. The number of aryl methyl sites for hydroxylation is 2. The van der Waals surface area contributed by atoms with E-state index >= 15 is 0 Å². The number of aromatic nitrogens is 2. The Balaban J connectivity index is 0.00000211. The summed E-state index contributed by atoms with van der Waals surface area (Å²) in [6, 6.07) is 22.4. The van der Waals surface area contributed by atoms with Gasteiger partial charge in [-0.25, -0.2) is 0 Å². The van der Waals surface area contributed by atoms with Gasteiger partial charge >= 0.3 is 0 Å². The van der Waals surface area contributed by atoms with Crippen LogP contribution >= 0.6 is 0 Å². The fourth-order valence-corrected chi connectivity index (χ4v) is 7.37. The number of carbonyl (C=O) groups excluding carboxylic acids is 9. The predicted octanol–water partition coefficient (Wildman–Crippen LogP) is 5.74. The summed E-state index contributed by atoms with van der Waals surface area (Å²) < 4.78 is 0. The summed E-state index contributed by atoms with van der Waals surface area (Å²) >= 11 is 0. The molecule has 13 N–H and O–H groups in total. The maximum atomic E-state index is 13.6. The van der Waals surface area contributed by atoms with Crippen LogP contribution in [0.3, 0.4) is 0 Å². The molecule has 0 aliphatic heterocycles. The number of aromatic amines is 2. The van der Waals surface area contributed by atoms with Crippen molar-refractivity contribution in [2.75, 3.05) is 45.8 Å². The number of amides is 9. The molecule has 21 heteroatoms. The summed E-state index contributed by atoms with van der Waals surface area (Å²) in [4.78, 5) is 122. The number of unbranched alkanes of at least 4 members (excludes halogenated alkanes) is 1. The number of carbonyl (C=O) groups is 9. The van der Waals surface area contributed by atoms with Crippen molar-refractivity contribution in [1.29, 1.82) is 0 Å². The minimum Gasteiger partial charge on any atom is -0.370 e. The van der Waals surface area contributed by atoms with E-state index in [9.17, 15) is 43.2 Å². The van der Waals surface area contributed by atoms with Gasteiger partial charge in [-0.2, -0.15) is 0 Å². The van der Waals surface area contributed by atoms with E-state index in [2.05, 4.69) is 132 Å². The van der Waals surface area contributed by atoms with Crippen LogP contribution in [-0.4, -0.2) is 132 Å². The first-order valence-corrected chi connectivity index (χ1v) is 29.3. The Labute approximate surface area is 503 Å². The van der Waals surface area contributed by atoms with Crippen LogP contribution < -0.4 is 48.7 Å². The molecule has 4 atom stereocenters. The van der Waals surface area contributed by atoms with Crippen molar-refractivity contribution in [2.24, 2.45) is 23.3 Å². The fourth-order valence-electron chi connectivity index (χ4n) is 7.37. The maximum absolute atomic E-state index is 13.6. The number of hydrogen-bond acceptors (Lipinski definition) is 10. The number of benzene rings is 3. The average Bonchev–Trinajstić information content (AvgIpc) is 4.25. The summed E-state index contributed by atoms with van der Waals surface area (Å²) in [6.07, 6.45) is 12.0. The van der Waals surface area contributed by atoms with Gasteiger partial charge < -0.3 is 63.6 Å². The molecule has 0 aliphatic rings. The third-order valence-corrected chi connectivity index (χ3v) is 12.1. The number of fused-ring (bicyclic) bond motifs is 2. The third-order valence-electron chi connectivity index (χ3n) is 12.1. The lowest BCUT2D eigenvalue weighted by Crippen LogP contribution is -2.55. The van der Waals surface area contributed by atoms with Gasteiger partial charge in [-0.3, -0.25) is 43.2 Å². The molecule has 3 aromatic carbocycles. The van der Waals surface area contributed by atoms with Crippen LogP contribution in [0.25, 0.3) is 21.8 Å². The Bertz CT molecular complexity index is 2820. The molecule has 0 saturated carbocycles. The first-order chi connectivity index (χ1) is 40.5. The normalized spacial score (nSPS) is 11.4. The second kappa shape index (κ2) is 45.0. The highest BCUT2D eigenvalue weighted by atomic mass is 16.2. The molecule has 0 aliphatic carbocycles.